The number of morpholine rings is 1. The van der Waals surface area contributed by atoms with Crippen molar-refractivity contribution in [2.45, 2.75) is 44.8 Å². The number of halogens is 3. The van der Waals surface area contributed by atoms with Gasteiger partial charge in [0.2, 0.25) is 0 Å². The molecule has 244 valence electrons. The Morgan fingerprint density at radius 1 is 1.09 bits per heavy atom. The normalized spacial score (nSPS) is 18.2. The Bertz CT molecular complexity index is 1460. The third-order valence-corrected chi connectivity index (χ3v) is 9.16. The molecule has 0 bridgehead atoms. The molecule has 3 heterocycles. The standard InChI is InChI=1S/C33H41F3N4O5/c1-44-24-2-3-28-25(18-24)31(22(20-38-28)21-40-12-14-45-15-13-40)29(41)4-5-33(19-30(42)43)6-9-39(10-7-33)11-8-37-32-26(35)16-23(34)17-27(32)36/h2-3,16-18,20,29,37,41H,4-15,19,21H2,1H3,(H,42,43)/t29-/m1/s1. The van der Waals surface area contributed by atoms with Gasteiger partial charge in [0.05, 0.1) is 38.4 Å². The van der Waals surface area contributed by atoms with E-state index in [1.807, 2.05) is 24.4 Å². The summed E-state index contributed by atoms with van der Waals surface area (Å²) < 4.78 is 52.2. The molecule has 2 fully saturated rings. The van der Waals surface area contributed by atoms with E-state index in [9.17, 15) is 28.2 Å². The Labute approximate surface area is 260 Å². The summed E-state index contributed by atoms with van der Waals surface area (Å²) in [6.07, 6.45) is 3.09. The van der Waals surface area contributed by atoms with Gasteiger partial charge >= 0.3 is 5.97 Å². The van der Waals surface area contributed by atoms with Crippen molar-refractivity contribution in [2.24, 2.45) is 5.41 Å². The minimum Gasteiger partial charge on any atom is -0.497 e. The number of likely N-dealkylation sites (tertiary alicyclic amines) is 1. The monoisotopic (exact) mass is 630 g/mol. The molecule has 12 heteroatoms. The average Bonchev–Trinajstić information content (AvgIpc) is 3.02. The third-order valence-electron chi connectivity index (χ3n) is 9.16. The van der Waals surface area contributed by atoms with Crippen LogP contribution >= 0.6 is 0 Å². The molecule has 0 radical (unpaired) electrons. The molecule has 2 aliphatic rings. The maximum atomic E-state index is 14.0. The van der Waals surface area contributed by atoms with Gasteiger partial charge in [-0.05, 0) is 73.5 Å². The highest BCUT2D eigenvalue weighted by Gasteiger charge is 2.37. The van der Waals surface area contributed by atoms with E-state index in [1.165, 1.54) is 0 Å². The molecule has 0 aliphatic carbocycles. The second-order valence-corrected chi connectivity index (χ2v) is 12.1. The lowest BCUT2D eigenvalue weighted by Crippen LogP contribution is -2.43. The lowest BCUT2D eigenvalue weighted by molar-refractivity contribution is -0.141. The summed E-state index contributed by atoms with van der Waals surface area (Å²) in [6, 6.07) is 6.88. The van der Waals surface area contributed by atoms with Crippen LogP contribution in [0.1, 0.15) is 49.3 Å². The predicted octanol–water partition coefficient (Wildman–Crippen LogP) is 4.98. The van der Waals surface area contributed by atoms with Crippen LogP contribution in [0.25, 0.3) is 10.9 Å². The topological polar surface area (TPSA) is 107 Å². The van der Waals surface area contributed by atoms with Crippen LogP contribution in [0.4, 0.5) is 18.9 Å². The van der Waals surface area contributed by atoms with Crippen molar-refractivity contribution in [3.05, 3.63) is 65.1 Å². The van der Waals surface area contributed by atoms with Crippen LogP contribution in [0.5, 0.6) is 5.75 Å². The van der Waals surface area contributed by atoms with E-state index in [2.05, 4.69) is 20.1 Å². The van der Waals surface area contributed by atoms with Crippen molar-refractivity contribution in [3.8, 4) is 5.75 Å². The van der Waals surface area contributed by atoms with Crippen molar-refractivity contribution < 1.29 is 37.7 Å². The van der Waals surface area contributed by atoms with Gasteiger partial charge in [-0.3, -0.25) is 14.7 Å². The number of ether oxygens (including phenoxy) is 2. The number of aliphatic hydroxyl groups excluding tert-OH is 1. The molecule has 0 amide bonds. The van der Waals surface area contributed by atoms with Crippen molar-refractivity contribution in [1.29, 1.82) is 0 Å². The molecule has 45 heavy (non-hydrogen) atoms. The highest BCUT2D eigenvalue weighted by molar-refractivity contribution is 5.85. The summed E-state index contributed by atoms with van der Waals surface area (Å²) in [6.45, 7) is 5.43. The van der Waals surface area contributed by atoms with Gasteiger partial charge in [-0.15, -0.1) is 0 Å². The van der Waals surface area contributed by atoms with Crippen LogP contribution in [-0.4, -0.2) is 90.6 Å². The summed E-state index contributed by atoms with van der Waals surface area (Å²) >= 11 is 0. The quantitative estimate of drug-likeness (QED) is 0.241. The van der Waals surface area contributed by atoms with E-state index >= 15 is 0 Å². The molecule has 1 aromatic heterocycles. The molecule has 0 saturated carbocycles. The number of methoxy groups -OCH3 is 1. The van der Waals surface area contributed by atoms with Crippen LogP contribution < -0.4 is 10.1 Å². The summed E-state index contributed by atoms with van der Waals surface area (Å²) in [4.78, 5) is 21.0. The van der Waals surface area contributed by atoms with Gasteiger partial charge in [-0.2, -0.15) is 0 Å². The predicted molar refractivity (Wildman–Crippen MR) is 164 cm³/mol. The molecule has 2 saturated heterocycles. The number of nitrogens with zero attached hydrogens (tertiary/aromatic N) is 3. The summed E-state index contributed by atoms with van der Waals surface area (Å²) in [5, 5.41) is 25.1. The number of fused-ring (bicyclic) bond motifs is 1. The largest absolute Gasteiger partial charge is 0.497 e. The molecule has 2 aliphatic heterocycles. The minimum atomic E-state index is -0.987. The molecular weight excluding hydrogens is 589 g/mol. The van der Waals surface area contributed by atoms with E-state index in [1.54, 1.807) is 7.11 Å². The molecule has 0 spiro atoms. The first-order chi connectivity index (χ1) is 21.7. The van der Waals surface area contributed by atoms with Crippen LogP contribution in [-0.2, 0) is 16.1 Å². The van der Waals surface area contributed by atoms with Crippen LogP contribution in [0.2, 0.25) is 0 Å². The lowest BCUT2D eigenvalue weighted by Gasteiger charge is -2.42. The average molecular weight is 631 g/mol. The van der Waals surface area contributed by atoms with Crippen molar-refractivity contribution in [1.82, 2.24) is 14.8 Å². The minimum absolute atomic E-state index is 0.0106. The first-order valence-electron chi connectivity index (χ1n) is 15.4. The number of aliphatic carboxylic acids is 1. The Morgan fingerprint density at radius 2 is 1.80 bits per heavy atom. The number of piperidine rings is 1. The number of carboxylic acid groups (broad SMARTS) is 1. The second-order valence-electron chi connectivity index (χ2n) is 12.1. The number of nitrogens with one attached hydrogen (secondary N) is 1. The maximum Gasteiger partial charge on any atom is 0.303 e. The number of hydrogen-bond acceptors (Lipinski definition) is 8. The van der Waals surface area contributed by atoms with Gasteiger partial charge < -0.3 is 29.9 Å². The molecule has 3 N–H and O–H groups in total. The van der Waals surface area contributed by atoms with E-state index in [0.717, 1.165) is 35.1 Å². The molecule has 3 aromatic rings. The number of carboxylic acids is 1. The smallest absolute Gasteiger partial charge is 0.303 e. The summed E-state index contributed by atoms with van der Waals surface area (Å²) in [5.74, 6) is -3.17. The van der Waals surface area contributed by atoms with Crippen LogP contribution in [0.15, 0.2) is 36.5 Å². The van der Waals surface area contributed by atoms with E-state index < -0.39 is 34.9 Å². The second kappa shape index (κ2) is 14.8. The van der Waals surface area contributed by atoms with Gasteiger partial charge in [0.1, 0.15) is 17.3 Å². The van der Waals surface area contributed by atoms with Crippen molar-refractivity contribution in [3.63, 3.8) is 0 Å². The van der Waals surface area contributed by atoms with Gasteiger partial charge in [0.25, 0.3) is 0 Å². The van der Waals surface area contributed by atoms with Crippen LogP contribution in [0.3, 0.4) is 0 Å². The van der Waals surface area contributed by atoms with Gasteiger partial charge in [-0.25, -0.2) is 13.2 Å². The third kappa shape index (κ3) is 8.23. The van der Waals surface area contributed by atoms with Crippen LogP contribution in [0, 0.1) is 22.9 Å². The number of aliphatic hydroxyl groups is 1. The number of benzene rings is 2. The zero-order chi connectivity index (χ0) is 32.0. The van der Waals surface area contributed by atoms with Gasteiger partial charge in [0.15, 0.2) is 11.6 Å². The van der Waals surface area contributed by atoms with E-state index in [0.29, 0.717) is 83.0 Å². The summed E-state index contributed by atoms with van der Waals surface area (Å²) in [7, 11) is 1.60. The fraction of sp³-hybridized carbons (Fsp3) is 0.515. The van der Waals surface area contributed by atoms with Crippen molar-refractivity contribution >= 4 is 22.6 Å². The molecule has 2 aromatic carbocycles. The highest BCUT2D eigenvalue weighted by Crippen LogP contribution is 2.42. The number of hydrogen-bond donors (Lipinski definition) is 3. The first kappa shape index (κ1) is 32.9. The molecular formula is C33H41F3N4O5. The Balaban J connectivity index is 1.27. The fourth-order valence-corrected chi connectivity index (χ4v) is 6.60. The highest BCUT2D eigenvalue weighted by atomic mass is 19.1. The number of anilines is 1. The summed E-state index contributed by atoms with van der Waals surface area (Å²) in [5.41, 5.74) is 1.60. The molecule has 0 unspecified atom stereocenters. The number of aromatic nitrogens is 1. The van der Waals surface area contributed by atoms with Gasteiger partial charge in [0, 0.05) is 56.4 Å². The maximum absolute atomic E-state index is 14.0. The number of pyridine rings is 1. The zero-order valence-electron chi connectivity index (χ0n) is 25.5. The Hall–Kier alpha value is -3.45. The SMILES string of the molecule is COc1ccc2ncc(CN3CCOCC3)c([C@H](O)CCC3(CC(=O)O)CCN(CCNc4c(F)cc(F)cc4F)CC3)c2c1. The first-order valence-corrected chi connectivity index (χ1v) is 15.4. The number of rotatable bonds is 13. The molecule has 9 nitrogen and oxygen atoms in total. The van der Waals surface area contributed by atoms with E-state index in [4.69, 9.17) is 9.47 Å². The Kier molecular flexibility index (Phi) is 10.8. The Morgan fingerprint density at radius 3 is 2.47 bits per heavy atom. The number of carbonyl (C=O) groups is 1. The van der Waals surface area contributed by atoms with Crippen molar-refractivity contribution in [2.75, 3.05) is 64.9 Å². The molecule has 1 atom stereocenters. The lowest BCUT2D eigenvalue weighted by atomic mass is 9.71. The fourth-order valence-electron chi connectivity index (χ4n) is 6.60. The zero-order valence-corrected chi connectivity index (χ0v) is 25.5. The van der Waals surface area contributed by atoms with E-state index in [-0.39, 0.29) is 18.7 Å². The molecule has 5 rings (SSSR count). The van der Waals surface area contributed by atoms with Gasteiger partial charge in [-0.1, -0.05) is 0 Å².